The summed E-state index contributed by atoms with van der Waals surface area (Å²) in [5, 5.41) is 6.40. The highest BCUT2D eigenvalue weighted by Crippen LogP contribution is 2.36. The van der Waals surface area contributed by atoms with Gasteiger partial charge < -0.3 is 15.5 Å². The first-order chi connectivity index (χ1) is 15.5. The van der Waals surface area contributed by atoms with Gasteiger partial charge in [-0.1, -0.05) is 12.1 Å². The molecule has 0 radical (unpaired) electrons. The molecule has 3 saturated heterocycles. The number of urea groups is 1. The molecule has 0 aliphatic carbocycles. The van der Waals surface area contributed by atoms with E-state index in [9.17, 15) is 14.0 Å². The number of amides is 2. The van der Waals surface area contributed by atoms with E-state index in [0.29, 0.717) is 36.2 Å². The van der Waals surface area contributed by atoms with Crippen LogP contribution < -0.4 is 10.6 Å². The summed E-state index contributed by atoms with van der Waals surface area (Å²) in [5.74, 6) is 0.913. The number of carbonyl (C=O) groups excluding carboxylic acids is 2. The van der Waals surface area contributed by atoms with E-state index in [2.05, 4.69) is 19.9 Å². The number of hydrogen-bond donors (Lipinski definition) is 2. The number of nitrogens with zero attached hydrogens (tertiary/aromatic N) is 2. The highest BCUT2D eigenvalue weighted by Gasteiger charge is 2.35. The summed E-state index contributed by atoms with van der Waals surface area (Å²) in [4.78, 5) is 27.7. The smallest absolute Gasteiger partial charge is 0.319 e. The Morgan fingerprint density at radius 2 is 1.91 bits per heavy atom. The number of carbonyl (C=O) groups is 2. The van der Waals surface area contributed by atoms with Crippen LogP contribution in [-0.2, 0) is 6.54 Å². The van der Waals surface area contributed by atoms with Crippen molar-refractivity contribution >= 4 is 39.1 Å². The fraction of sp³-hybridized carbons (Fsp3) is 0.375. The van der Waals surface area contributed by atoms with Crippen LogP contribution in [0.5, 0.6) is 0 Å². The Hall–Kier alpha value is -2.84. The fourth-order valence-electron chi connectivity index (χ4n) is 4.83. The lowest BCUT2D eigenvalue weighted by atomic mass is 9.76. The zero-order valence-corrected chi connectivity index (χ0v) is 18.5. The van der Waals surface area contributed by atoms with Crippen LogP contribution in [-0.4, -0.2) is 40.7 Å². The van der Waals surface area contributed by atoms with Gasteiger partial charge in [-0.25, -0.2) is 9.18 Å². The molecule has 2 N–H and O–H groups in total. The number of benzene rings is 2. The Kier molecular flexibility index (Phi) is 5.89. The van der Waals surface area contributed by atoms with Gasteiger partial charge in [-0.05, 0) is 85.2 Å². The maximum Gasteiger partial charge on any atom is 0.319 e. The molecule has 3 fully saturated rings. The third-order valence-electron chi connectivity index (χ3n) is 6.60. The molecule has 3 aliphatic rings. The van der Waals surface area contributed by atoms with Gasteiger partial charge in [0.15, 0.2) is 5.78 Å². The fourth-order valence-corrected chi connectivity index (χ4v) is 5.66. The minimum atomic E-state index is -0.350. The zero-order chi connectivity index (χ0) is 22.1. The lowest BCUT2D eigenvalue weighted by molar-refractivity contribution is 0.0440. The normalized spacial score (nSPS) is 22.1. The minimum Gasteiger partial charge on any atom is -0.334 e. The molecule has 0 saturated carbocycles. The molecule has 6 nitrogen and oxygen atoms in total. The molecule has 0 unspecified atom stereocenters. The Labute approximate surface area is 190 Å². The van der Waals surface area contributed by atoms with Gasteiger partial charge in [-0.3, -0.25) is 4.79 Å². The van der Waals surface area contributed by atoms with Gasteiger partial charge in [0.1, 0.15) is 11.5 Å². The second-order valence-electron chi connectivity index (χ2n) is 8.70. The molecule has 0 spiro atoms. The molecule has 1 atom stereocenters. The number of aromatic nitrogens is 1. The van der Waals surface area contributed by atoms with Crippen molar-refractivity contribution in [1.82, 2.24) is 14.6 Å². The summed E-state index contributed by atoms with van der Waals surface area (Å²) in [5.41, 5.74) is 1.99. The van der Waals surface area contributed by atoms with Crippen LogP contribution in [0.2, 0.25) is 0 Å². The molecule has 2 amide bonds. The van der Waals surface area contributed by atoms with Gasteiger partial charge in [0.05, 0.1) is 4.70 Å². The number of hydrogen-bond acceptors (Lipinski definition) is 5. The molecule has 8 heteroatoms. The Bertz CT molecular complexity index is 1140. The van der Waals surface area contributed by atoms with Gasteiger partial charge in [-0.2, -0.15) is 4.37 Å². The van der Waals surface area contributed by atoms with Crippen molar-refractivity contribution in [3.8, 4) is 0 Å². The van der Waals surface area contributed by atoms with Crippen LogP contribution in [0.4, 0.5) is 14.9 Å². The monoisotopic (exact) mass is 452 g/mol. The number of ketones is 1. The standard InChI is InChI=1S/C24H25FN4O2S/c25-18-3-1-15(2-4-18)13-26-24(31)27-19-5-6-20-22(12-19)32-28-23(20)21(30)11-17-14-29-9-7-16(17)8-10-29/h1-6,12,16-17H,7-11,13-14H2,(H2,26,27,31)/t17-/m0/s1. The van der Waals surface area contributed by atoms with Gasteiger partial charge in [0, 0.05) is 30.6 Å². The number of fused-ring (bicyclic) bond motifs is 4. The molecular formula is C24H25FN4O2S. The first-order valence-corrected chi connectivity index (χ1v) is 11.8. The predicted molar refractivity (Wildman–Crippen MR) is 123 cm³/mol. The Morgan fingerprint density at radius 1 is 1.12 bits per heavy atom. The van der Waals surface area contributed by atoms with E-state index in [1.165, 1.54) is 49.6 Å². The molecule has 2 bridgehead atoms. The molecule has 166 valence electrons. The van der Waals surface area contributed by atoms with E-state index in [-0.39, 0.29) is 17.6 Å². The van der Waals surface area contributed by atoms with Crippen molar-refractivity contribution in [2.24, 2.45) is 11.8 Å². The lowest BCUT2D eigenvalue weighted by Crippen LogP contribution is -2.47. The molecule has 6 rings (SSSR count). The van der Waals surface area contributed by atoms with Gasteiger partial charge in [0.2, 0.25) is 0 Å². The van der Waals surface area contributed by atoms with E-state index in [4.69, 9.17) is 0 Å². The van der Waals surface area contributed by atoms with Crippen LogP contribution in [0, 0.1) is 17.7 Å². The maximum absolute atomic E-state index is 13.0. The van der Waals surface area contributed by atoms with Crippen LogP contribution in [0.1, 0.15) is 35.3 Å². The summed E-state index contributed by atoms with van der Waals surface area (Å²) in [6.07, 6.45) is 2.97. The number of halogens is 1. The van der Waals surface area contributed by atoms with Gasteiger partial charge in [-0.15, -0.1) is 0 Å². The van der Waals surface area contributed by atoms with E-state index < -0.39 is 0 Å². The third-order valence-corrected chi connectivity index (χ3v) is 7.41. The van der Waals surface area contributed by atoms with E-state index in [1.54, 1.807) is 18.2 Å². The summed E-state index contributed by atoms with van der Waals surface area (Å²) >= 11 is 1.28. The van der Waals surface area contributed by atoms with Gasteiger partial charge >= 0.3 is 6.03 Å². The Balaban J connectivity index is 1.21. The topological polar surface area (TPSA) is 74.3 Å². The number of anilines is 1. The van der Waals surface area contributed by atoms with E-state index in [0.717, 1.165) is 22.2 Å². The third kappa shape index (κ3) is 4.52. The second kappa shape index (κ2) is 8.96. The summed E-state index contributed by atoms with van der Waals surface area (Å²) < 4.78 is 18.3. The van der Waals surface area contributed by atoms with Crippen molar-refractivity contribution in [2.75, 3.05) is 25.0 Å². The van der Waals surface area contributed by atoms with Crippen molar-refractivity contribution in [3.63, 3.8) is 0 Å². The van der Waals surface area contributed by atoms with Crippen molar-refractivity contribution in [2.45, 2.75) is 25.8 Å². The number of nitrogens with one attached hydrogen (secondary N) is 2. The molecule has 2 aromatic carbocycles. The van der Waals surface area contributed by atoms with E-state index >= 15 is 0 Å². The molecule has 1 aromatic heterocycles. The van der Waals surface area contributed by atoms with Gasteiger partial charge in [0.25, 0.3) is 0 Å². The van der Waals surface area contributed by atoms with Crippen LogP contribution in [0.25, 0.3) is 10.1 Å². The minimum absolute atomic E-state index is 0.118. The number of rotatable bonds is 6. The molecule has 4 heterocycles. The van der Waals surface area contributed by atoms with Crippen molar-refractivity contribution < 1.29 is 14.0 Å². The highest BCUT2D eigenvalue weighted by molar-refractivity contribution is 7.13. The largest absolute Gasteiger partial charge is 0.334 e. The van der Waals surface area contributed by atoms with Crippen molar-refractivity contribution in [1.29, 1.82) is 0 Å². The molecule has 3 aliphatic heterocycles. The van der Waals surface area contributed by atoms with E-state index in [1.807, 2.05) is 12.1 Å². The van der Waals surface area contributed by atoms with Crippen molar-refractivity contribution in [3.05, 3.63) is 59.5 Å². The molecule has 3 aromatic rings. The SMILES string of the molecule is O=C(NCc1ccc(F)cc1)Nc1ccc2c(C(=O)C[C@H]3CN4CCC3CC4)nsc2c1. The second-order valence-corrected chi connectivity index (χ2v) is 9.51. The van der Waals surface area contributed by atoms with Crippen LogP contribution in [0.3, 0.4) is 0 Å². The first-order valence-electron chi connectivity index (χ1n) is 11.0. The zero-order valence-electron chi connectivity index (χ0n) is 17.6. The summed E-state index contributed by atoms with van der Waals surface area (Å²) in [6, 6.07) is 11.1. The van der Waals surface area contributed by atoms with Crippen LogP contribution >= 0.6 is 11.5 Å². The number of piperidine rings is 3. The maximum atomic E-state index is 13.0. The average molecular weight is 453 g/mol. The molecular weight excluding hydrogens is 427 g/mol. The summed E-state index contributed by atoms with van der Waals surface area (Å²) in [7, 11) is 0. The lowest BCUT2D eigenvalue weighted by Gasteiger charge is -2.44. The first kappa shape index (κ1) is 21.0. The summed E-state index contributed by atoms with van der Waals surface area (Å²) in [6.45, 7) is 3.66. The molecule has 32 heavy (non-hydrogen) atoms. The quantitative estimate of drug-likeness (QED) is 0.533. The highest BCUT2D eigenvalue weighted by atomic mass is 32.1. The number of Topliss-reactive ketones (excluding diaryl/α,β-unsaturated/α-hetero) is 1. The predicted octanol–water partition coefficient (Wildman–Crippen LogP) is 4.67. The average Bonchev–Trinajstić information content (AvgIpc) is 3.23. The Morgan fingerprint density at radius 3 is 2.62 bits per heavy atom. The van der Waals surface area contributed by atoms with Crippen LogP contribution in [0.15, 0.2) is 42.5 Å².